The Labute approximate surface area is 108 Å². The molecule has 1 unspecified atom stereocenters. The van der Waals surface area contributed by atoms with Crippen molar-refractivity contribution in [1.29, 1.82) is 0 Å². The first-order valence-corrected chi connectivity index (χ1v) is 6.63. The van der Waals surface area contributed by atoms with Crippen LogP contribution in [-0.4, -0.2) is 0 Å². The van der Waals surface area contributed by atoms with Gasteiger partial charge >= 0.3 is 0 Å². The molecule has 0 saturated heterocycles. The van der Waals surface area contributed by atoms with Gasteiger partial charge in [0.25, 0.3) is 0 Å². The van der Waals surface area contributed by atoms with Gasteiger partial charge in [-0.05, 0) is 49.9 Å². The van der Waals surface area contributed by atoms with Crippen molar-refractivity contribution in [3.8, 4) is 0 Å². The second-order valence-electron chi connectivity index (χ2n) is 5.20. The van der Waals surface area contributed by atoms with Crippen molar-refractivity contribution in [2.75, 3.05) is 0 Å². The van der Waals surface area contributed by atoms with Gasteiger partial charge in [0.2, 0.25) is 0 Å². The lowest BCUT2D eigenvalue weighted by Gasteiger charge is -2.19. The molecule has 0 aliphatic heterocycles. The van der Waals surface area contributed by atoms with Crippen LogP contribution in [0.4, 0.5) is 0 Å². The summed E-state index contributed by atoms with van der Waals surface area (Å²) in [6.45, 7) is 4.32. The summed E-state index contributed by atoms with van der Waals surface area (Å²) in [5.41, 5.74) is 4.30. The molecule has 0 spiro atoms. The van der Waals surface area contributed by atoms with Gasteiger partial charge in [-0.2, -0.15) is 0 Å². The second-order valence-corrected chi connectivity index (χ2v) is 5.20. The average Bonchev–Trinajstić information content (AvgIpc) is 2.99. The molecule has 1 aliphatic carbocycles. The molecule has 2 nitrogen and oxygen atoms in total. The van der Waals surface area contributed by atoms with E-state index in [1.807, 2.05) is 12.1 Å². The van der Waals surface area contributed by atoms with Gasteiger partial charge in [-0.1, -0.05) is 23.8 Å². The molecule has 0 saturated carbocycles. The first-order chi connectivity index (χ1) is 8.74. The van der Waals surface area contributed by atoms with E-state index in [0.717, 1.165) is 5.76 Å². The van der Waals surface area contributed by atoms with Crippen molar-refractivity contribution >= 4 is 0 Å². The minimum absolute atomic E-state index is 0.261. The first kappa shape index (κ1) is 11.5. The van der Waals surface area contributed by atoms with Crippen LogP contribution in [0.15, 0.2) is 41.0 Å². The highest BCUT2D eigenvalue weighted by Gasteiger charge is 2.24. The Morgan fingerprint density at radius 1 is 1.33 bits per heavy atom. The molecule has 2 atom stereocenters. The van der Waals surface area contributed by atoms with Crippen LogP contribution in [0.25, 0.3) is 0 Å². The summed E-state index contributed by atoms with van der Waals surface area (Å²) in [6.07, 6.45) is 4.10. The van der Waals surface area contributed by atoms with Crippen molar-refractivity contribution in [3.05, 3.63) is 59.0 Å². The van der Waals surface area contributed by atoms with Crippen LogP contribution in [0.2, 0.25) is 0 Å². The van der Waals surface area contributed by atoms with Crippen molar-refractivity contribution in [3.63, 3.8) is 0 Å². The standard InChI is InChI=1S/C16H19NO/c1-11-5-6-13-7-8-15(14(13)10-11)17-12(2)16-4-3-9-18-16/h3-6,9-10,12,15,17H,7-8H2,1-2H3/t12-,15?/m1/s1. The van der Waals surface area contributed by atoms with Gasteiger partial charge in [0.05, 0.1) is 12.3 Å². The van der Waals surface area contributed by atoms with E-state index in [4.69, 9.17) is 4.42 Å². The van der Waals surface area contributed by atoms with Gasteiger partial charge in [0.1, 0.15) is 5.76 Å². The van der Waals surface area contributed by atoms with Crippen LogP contribution in [0, 0.1) is 6.92 Å². The lowest BCUT2D eigenvalue weighted by atomic mass is 10.0. The molecule has 1 N–H and O–H groups in total. The Bertz CT molecular complexity index is 530. The highest BCUT2D eigenvalue weighted by Crippen LogP contribution is 2.33. The zero-order valence-electron chi connectivity index (χ0n) is 10.9. The summed E-state index contributed by atoms with van der Waals surface area (Å²) >= 11 is 0. The van der Waals surface area contributed by atoms with E-state index in [1.165, 1.54) is 29.5 Å². The highest BCUT2D eigenvalue weighted by atomic mass is 16.3. The summed E-state index contributed by atoms with van der Waals surface area (Å²) in [5, 5.41) is 3.67. The molecule has 0 bridgehead atoms. The maximum Gasteiger partial charge on any atom is 0.120 e. The quantitative estimate of drug-likeness (QED) is 0.881. The summed E-state index contributed by atoms with van der Waals surface area (Å²) in [7, 11) is 0. The van der Waals surface area contributed by atoms with E-state index in [-0.39, 0.29) is 6.04 Å². The average molecular weight is 241 g/mol. The molecule has 0 fully saturated rings. The number of benzene rings is 1. The molecule has 1 aromatic heterocycles. The molecule has 1 aromatic carbocycles. The Morgan fingerprint density at radius 3 is 3.00 bits per heavy atom. The van der Waals surface area contributed by atoms with E-state index in [0.29, 0.717) is 6.04 Å². The topological polar surface area (TPSA) is 25.2 Å². The zero-order chi connectivity index (χ0) is 12.5. The van der Waals surface area contributed by atoms with Gasteiger partial charge in [-0.15, -0.1) is 0 Å². The molecule has 3 rings (SSSR count). The Hall–Kier alpha value is -1.54. The van der Waals surface area contributed by atoms with Crippen molar-refractivity contribution < 1.29 is 4.42 Å². The molecular formula is C16H19NO. The van der Waals surface area contributed by atoms with Crippen LogP contribution in [-0.2, 0) is 6.42 Å². The molecule has 1 heterocycles. The van der Waals surface area contributed by atoms with Gasteiger partial charge in [0, 0.05) is 6.04 Å². The first-order valence-electron chi connectivity index (χ1n) is 6.63. The predicted octanol–water partition coefficient (Wildman–Crippen LogP) is 3.93. The number of furan rings is 1. The maximum atomic E-state index is 5.45. The summed E-state index contributed by atoms with van der Waals surface area (Å²) in [5.74, 6) is 1.01. The van der Waals surface area contributed by atoms with Crippen LogP contribution >= 0.6 is 0 Å². The minimum Gasteiger partial charge on any atom is -0.468 e. The normalized spacial score (nSPS) is 19.8. The third kappa shape index (κ3) is 2.08. The lowest BCUT2D eigenvalue weighted by molar-refractivity contribution is 0.391. The molecule has 94 valence electrons. The minimum atomic E-state index is 0.261. The third-order valence-electron chi connectivity index (χ3n) is 3.80. The number of hydrogen-bond acceptors (Lipinski definition) is 2. The molecule has 2 heteroatoms. The second kappa shape index (κ2) is 4.62. The molecular weight excluding hydrogens is 222 g/mol. The van der Waals surface area contributed by atoms with Gasteiger partial charge in [0.15, 0.2) is 0 Å². The summed E-state index contributed by atoms with van der Waals surface area (Å²) in [6, 6.07) is 11.5. The Kier molecular flexibility index (Phi) is 2.96. The fraction of sp³-hybridized carbons (Fsp3) is 0.375. The monoisotopic (exact) mass is 241 g/mol. The lowest BCUT2D eigenvalue weighted by Crippen LogP contribution is -2.22. The Balaban J connectivity index is 1.78. The van der Waals surface area contributed by atoms with E-state index in [2.05, 4.69) is 37.4 Å². The van der Waals surface area contributed by atoms with Crippen molar-refractivity contribution in [2.45, 2.75) is 38.8 Å². The summed E-state index contributed by atoms with van der Waals surface area (Å²) < 4.78 is 5.45. The Morgan fingerprint density at radius 2 is 2.22 bits per heavy atom. The number of hydrogen-bond donors (Lipinski definition) is 1. The largest absolute Gasteiger partial charge is 0.468 e. The van der Waals surface area contributed by atoms with E-state index in [1.54, 1.807) is 6.26 Å². The molecule has 18 heavy (non-hydrogen) atoms. The maximum absolute atomic E-state index is 5.45. The van der Waals surface area contributed by atoms with Gasteiger partial charge in [-0.25, -0.2) is 0 Å². The highest BCUT2D eigenvalue weighted by molar-refractivity contribution is 5.37. The SMILES string of the molecule is Cc1ccc2c(c1)C(N[C@H](C)c1ccco1)CC2. The van der Waals surface area contributed by atoms with Gasteiger partial charge in [-0.3, -0.25) is 0 Å². The van der Waals surface area contributed by atoms with Gasteiger partial charge < -0.3 is 9.73 Å². The molecule has 1 aliphatic rings. The van der Waals surface area contributed by atoms with Crippen molar-refractivity contribution in [1.82, 2.24) is 5.32 Å². The molecule has 0 amide bonds. The van der Waals surface area contributed by atoms with E-state index >= 15 is 0 Å². The number of aryl methyl sites for hydroxylation is 2. The fourth-order valence-corrected chi connectivity index (χ4v) is 2.82. The smallest absolute Gasteiger partial charge is 0.120 e. The van der Waals surface area contributed by atoms with Crippen molar-refractivity contribution in [2.24, 2.45) is 0 Å². The summed E-state index contributed by atoms with van der Waals surface area (Å²) in [4.78, 5) is 0. The predicted molar refractivity (Wildman–Crippen MR) is 72.5 cm³/mol. The van der Waals surface area contributed by atoms with E-state index in [9.17, 15) is 0 Å². The van der Waals surface area contributed by atoms with Crippen LogP contribution in [0.1, 0.15) is 47.9 Å². The van der Waals surface area contributed by atoms with Crippen LogP contribution in [0.3, 0.4) is 0 Å². The number of rotatable bonds is 3. The van der Waals surface area contributed by atoms with Crippen LogP contribution in [0.5, 0.6) is 0 Å². The molecule has 2 aromatic rings. The number of nitrogens with one attached hydrogen (secondary N) is 1. The fourth-order valence-electron chi connectivity index (χ4n) is 2.82. The molecule has 0 radical (unpaired) electrons. The zero-order valence-corrected chi connectivity index (χ0v) is 10.9. The third-order valence-corrected chi connectivity index (χ3v) is 3.80. The number of fused-ring (bicyclic) bond motifs is 1. The van der Waals surface area contributed by atoms with E-state index < -0.39 is 0 Å². The van der Waals surface area contributed by atoms with Crippen LogP contribution < -0.4 is 5.32 Å².